The van der Waals surface area contributed by atoms with Gasteiger partial charge in [-0.3, -0.25) is 9.78 Å². The number of hydrogen-bond acceptors (Lipinski definition) is 6. The second-order valence-corrected chi connectivity index (χ2v) is 9.29. The molecule has 0 aliphatic heterocycles. The highest BCUT2D eigenvalue weighted by atomic mass is 35.5. The normalized spacial score (nSPS) is 11.9. The Kier molecular flexibility index (Phi) is 7.63. The molecule has 0 spiro atoms. The topological polar surface area (TPSA) is 116 Å². The van der Waals surface area contributed by atoms with Crippen molar-refractivity contribution in [3.8, 4) is 28.4 Å². The minimum absolute atomic E-state index is 0.0388. The minimum Gasteiger partial charge on any atom is -0.496 e. The van der Waals surface area contributed by atoms with Gasteiger partial charge in [0.15, 0.2) is 5.69 Å². The number of carbonyl (C=O) groups excluding carboxylic acids is 1. The van der Waals surface area contributed by atoms with Gasteiger partial charge in [-0.2, -0.15) is 5.10 Å². The molecule has 4 rings (SSSR count). The van der Waals surface area contributed by atoms with Gasteiger partial charge in [0.2, 0.25) is 0 Å². The number of fused-ring (bicyclic) bond motifs is 1. The monoisotopic (exact) mass is 522 g/mol. The lowest BCUT2D eigenvalue weighted by atomic mass is 10.0. The number of benzene rings is 2. The molecule has 0 unspecified atom stereocenters. The van der Waals surface area contributed by atoms with Crippen LogP contribution in [0.25, 0.3) is 27.8 Å². The first-order valence-electron chi connectivity index (χ1n) is 11.6. The van der Waals surface area contributed by atoms with Crippen LogP contribution in [0, 0.1) is 5.92 Å². The minimum atomic E-state index is -1.11. The highest BCUT2D eigenvalue weighted by Crippen LogP contribution is 2.40. The van der Waals surface area contributed by atoms with E-state index in [9.17, 15) is 14.7 Å². The molecular formula is C27H27ClN4O5. The van der Waals surface area contributed by atoms with Gasteiger partial charge >= 0.3 is 5.97 Å². The van der Waals surface area contributed by atoms with E-state index in [-0.39, 0.29) is 18.0 Å². The van der Waals surface area contributed by atoms with E-state index >= 15 is 0 Å². The van der Waals surface area contributed by atoms with Crippen molar-refractivity contribution in [3.63, 3.8) is 0 Å². The van der Waals surface area contributed by atoms with E-state index in [0.29, 0.717) is 39.0 Å². The molecule has 0 aliphatic rings. The first-order valence-corrected chi connectivity index (χ1v) is 12.0. The van der Waals surface area contributed by atoms with E-state index in [0.717, 1.165) is 5.39 Å². The first kappa shape index (κ1) is 26.0. The lowest BCUT2D eigenvalue weighted by Crippen LogP contribution is -2.41. The zero-order valence-electron chi connectivity index (χ0n) is 20.9. The summed E-state index contributed by atoms with van der Waals surface area (Å²) in [5.74, 6) is -0.620. The van der Waals surface area contributed by atoms with Crippen molar-refractivity contribution in [2.45, 2.75) is 26.3 Å². The quantitative estimate of drug-likeness (QED) is 0.318. The van der Waals surface area contributed by atoms with Crippen LogP contribution >= 0.6 is 11.6 Å². The van der Waals surface area contributed by atoms with Gasteiger partial charge in [0.05, 0.1) is 36.7 Å². The van der Waals surface area contributed by atoms with Crippen LogP contribution in [0.15, 0.2) is 54.7 Å². The number of aliphatic carboxylic acids is 1. The van der Waals surface area contributed by atoms with E-state index in [2.05, 4.69) is 15.4 Å². The number of ether oxygens (including phenoxy) is 2. The summed E-state index contributed by atoms with van der Waals surface area (Å²) in [5, 5.41) is 18.1. The van der Waals surface area contributed by atoms with Gasteiger partial charge in [-0.15, -0.1) is 0 Å². The number of pyridine rings is 1. The number of methoxy groups -OCH3 is 2. The summed E-state index contributed by atoms with van der Waals surface area (Å²) in [6.45, 7) is 3.79. The Bertz CT molecular complexity index is 1440. The smallest absolute Gasteiger partial charge is 0.326 e. The van der Waals surface area contributed by atoms with Crippen LogP contribution in [0.5, 0.6) is 11.5 Å². The molecule has 2 aromatic heterocycles. The molecule has 37 heavy (non-hydrogen) atoms. The standard InChI is InChI=1S/C27H27ClN4O5/c1-15(2)12-20(27(34)35)30-26(33)19-14-22(25-23(36-3)6-5-7-24(25)37-4)32(31-19)21-10-11-29-18-13-16(28)8-9-17(18)21/h5-11,13-15,20H,12H2,1-4H3,(H,30,33)(H,34,35)/t20-/m0/s1. The summed E-state index contributed by atoms with van der Waals surface area (Å²) < 4.78 is 12.8. The van der Waals surface area contributed by atoms with Crippen molar-refractivity contribution in [2.75, 3.05) is 14.2 Å². The molecule has 0 radical (unpaired) electrons. The maximum Gasteiger partial charge on any atom is 0.326 e. The van der Waals surface area contributed by atoms with Gasteiger partial charge in [-0.05, 0) is 54.8 Å². The molecule has 0 fully saturated rings. The third-order valence-electron chi connectivity index (χ3n) is 5.85. The van der Waals surface area contributed by atoms with E-state index in [4.69, 9.17) is 21.1 Å². The third kappa shape index (κ3) is 5.36. The molecule has 10 heteroatoms. The van der Waals surface area contributed by atoms with Crippen LogP contribution in [-0.2, 0) is 4.79 Å². The highest BCUT2D eigenvalue weighted by molar-refractivity contribution is 6.31. The molecule has 9 nitrogen and oxygen atoms in total. The average molecular weight is 523 g/mol. The van der Waals surface area contributed by atoms with Gasteiger partial charge in [0.1, 0.15) is 17.5 Å². The number of aromatic nitrogens is 3. The zero-order chi connectivity index (χ0) is 26.7. The Balaban J connectivity index is 1.93. The second-order valence-electron chi connectivity index (χ2n) is 8.85. The van der Waals surface area contributed by atoms with E-state index in [1.54, 1.807) is 67.6 Å². The third-order valence-corrected chi connectivity index (χ3v) is 6.08. The first-order chi connectivity index (χ1) is 17.7. The molecule has 0 saturated heterocycles. The molecular weight excluding hydrogens is 496 g/mol. The van der Waals surface area contributed by atoms with Crippen LogP contribution in [0.3, 0.4) is 0 Å². The maximum atomic E-state index is 13.2. The van der Waals surface area contributed by atoms with Crippen molar-refractivity contribution < 1.29 is 24.2 Å². The summed E-state index contributed by atoms with van der Waals surface area (Å²) in [4.78, 5) is 29.4. The van der Waals surface area contributed by atoms with Crippen molar-refractivity contribution >= 4 is 34.4 Å². The number of nitrogens with zero attached hydrogens (tertiary/aromatic N) is 3. The number of rotatable bonds is 9. The van der Waals surface area contributed by atoms with Crippen LogP contribution in [0.1, 0.15) is 30.8 Å². The van der Waals surface area contributed by atoms with Gasteiger partial charge in [0, 0.05) is 16.6 Å². The fraction of sp³-hybridized carbons (Fsp3) is 0.259. The molecule has 192 valence electrons. The molecule has 2 N–H and O–H groups in total. The Morgan fingerprint density at radius 3 is 2.41 bits per heavy atom. The van der Waals surface area contributed by atoms with Gasteiger partial charge in [-0.25, -0.2) is 9.48 Å². The summed E-state index contributed by atoms with van der Waals surface area (Å²) in [7, 11) is 3.08. The predicted molar refractivity (Wildman–Crippen MR) is 141 cm³/mol. The zero-order valence-corrected chi connectivity index (χ0v) is 21.6. The number of halogens is 1. The number of carboxylic acid groups (broad SMARTS) is 1. The van der Waals surface area contributed by atoms with Gasteiger partial charge < -0.3 is 19.9 Å². The molecule has 0 bridgehead atoms. The predicted octanol–water partition coefficient (Wildman–Crippen LogP) is 4.99. The van der Waals surface area contributed by atoms with Crippen molar-refractivity contribution in [1.82, 2.24) is 20.1 Å². The number of hydrogen-bond donors (Lipinski definition) is 2. The average Bonchev–Trinajstić information content (AvgIpc) is 3.31. The highest BCUT2D eigenvalue weighted by Gasteiger charge is 2.26. The molecule has 0 saturated carbocycles. The molecule has 4 aromatic rings. The maximum absolute atomic E-state index is 13.2. The number of nitrogens with one attached hydrogen (secondary N) is 1. The number of carboxylic acids is 1. The van der Waals surface area contributed by atoms with Crippen molar-refractivity contribution in [3.05, 3.63) is 65.4 Å². The van der Waals surface area contributed by atoms with E-state index in [1.807, 2.05) is 19.9 Å². The number of amides is 1. The Morgan fingerprint density at radius 1 is 1.08 bits per heavy atom. The van der Waals surface area contributed by atoms with Crippen LogP contribution in [0.2, 0.25) is 5.02 Å². The van der Waals surface area contributed by atoms with E-state index in [1.165, 1.54) is 0 Å². The van der Waals surface area contributed by atoms with Crippen molar-refractivity contribution in [2.24, 2.45) is 5.92 Å². The lowest BCUT2D eigenvalue weighted by molar-refractivity contribution is -0.139. The Labute approximate surface area is 219 Å². The SMILES string of the molecule is COc1cccc(OC)c1-c1cc(C(=O)N[C@@H](CC(C)C)C(=O)O)nn1-c1ccnc2cc(Cl)ccc12. The van der Waals surface area contributed by atoms with Gasteiger partial charge in [-0.1, -0.05) is 31.5 Å². The lowest BCUT2D eigenvalue weighted by Gasteiger charge is -2.15. The Morgan fingerprint density at radius 2 is 1.78 bits per heavy atom. The summed E-state index contributed by atoms with van der Waals surface area (Å²) in [6, 6.07) is 13.0. The molecule has 2 heterocycles. The van der Waals surface area contributed by atoms with Crippen LogP contribution in [0.4, 0.5) is 0 Å². The largest absolute Gasteiger partial charge is 0.496 e. The summed E-state index contributed by atoms with van der Waals surface area (Å²) >= 11 is 6.18. The van der Waals surface area contributed by atoms with Crippen molar-refractivity contribution in [1.29, 1.82) is 0 Å². The molecule has 0 aliphatic carbocycles. The summed E-state index contributed by atoms with van der Waals surface area (Å²) in [6.07, 6.45) is 1.91. The molecule has 1 atom stereocenters. The van der Waals surface area contributed by atoms with Gasteiger partial charge in [0.25, 0.3) is 5.91 Å². The molecule has 1 amide bonds. The Hall–Kier alpha value is -4.11. The number of carbonyl (C=O) groups is 2. The van der Waals surface area contributed by atoms with Crippen LogP contribution < -0.4 is 14.8 Å². The fourth-order valence-electron chi connectivity index (χ4n) is 4.17. The van der Waals surface area contributed by atoms with Crippen LogP contribution in [-0.4, -0.2) is 52.0 Å². The summed E-state index contributed by atoms with van der Waals surface area (Å²) in [5.41, 5.74) is 2.41. The molecule has 2 aromatic carbocycles. The van der Waals surface area contributed by atoms with E-state index < -0.39 is 17.9 Å². The fourth-order valence-corrected chi connectivity index (χ4v) is 4.34. The second kappa shape index (κ2) is 10.9.